The van der Waals surface area contributed by atoms with Gasteiger partial charge in [0.2, 0.25) is 0 Å². The van der Waals surface area contributed by atoms with Gasteiger partial charge in [0.05, 0.1) is 26.0 Å². The number of benzene rings is 1. The highest BCUT2D eigenvalue weighted by molar-refractivity contribution is 7.16. The summed E-state index contributed by atoms with van der Waals surface area (Å²) in [5.41, 5.74) is 2.06. The van der Waals surface area contributed by atoms with Crippen LogP contribution in [0.15, 0.2) is 24.4 Å². The number of alkyl halides is 2. The van der Waals surface area contributed by atoms with Crippen molar-refractivity contribution >= 4 is 17.2 Å². The van der Waals surface area contributed by atoms with Crippen LogP contribution in [0.3, 0.4) is 0 Å². The van der Waals surface area contributed by atoms with Crippen molar-refractivity contribution in [3.05, 3.63) is 34.8 Å². The molecule has 1 atom stereocenters. The lowest BCUT2D eigenvalue weighted by molar-refractivity contribution is -0.0942. The summed E-state index contributed by atoms with van der Waals surface area (Å²) in [7, 11) is 0. The fraction of sp³-hybridized carbons (Fsp3) is 0.412. The van der Waals surface area contributed by atoms with Crippen LogP contribution >= 0.6 is 11.3 Å². The zero-order chi connectivity index (χ0) is 17.4. The normalized spacial score (nSPS) is 19.8. The second-order valence-electron chi connectivity index (χ2n) is 5.95. The predicted molar refractivity (Wildman–Crippen MR) is 88.4 cm³/mol. The number of ether oxygens (including phenoxy) is 2. The highest BCUT2D eigenvalue weighted by atomic mass is 32.1. The summed E-state index contributed by atoms with van der Waals surface area (Å²) in [6.45, 7) is 1.02. The molecule has 1 aromatic carbocycles. The number of morpholine rings is 1. The molecule has 1 amide bonds. The van der Waals surface area contributed by atoms with Crippen molar-refractivity contribution in [2.45, 2.75) is 19.0 Å². The first kappa shape index (κ1) is 16.4. The third-order valence-electron chi connectivity index (χ3n) is 4.31. The van der Waals surface area contributed by atoms with Gasteiger partial charge in [-0.1, -0.05) is 0 Å². The quantitative estimate of drug-likeness (QED) is 0.838. The van der Waals surface area contributed by atoms with Crippen LogP contribution < -0.4 is 4.74 Å². The Hall–Kier alpha value is -2.06. The Morgan fingerprint density at radius 1 is 1.36 bits per heavy atom. The highest BCUT2D eigenvalue weighted by Gasteiger charge is 2.31. The number of thiazole rings is 1. The molecule has 2 aliphatic heterocycles. The largest absolute Gasteiger partial charge is 0.493 e. The van der Waals surface area contributed by atoms with E-state index in [0.717, 1.165) is 28.3 Å². The number of carbonyl (C=O) groups is 1. The minimum absolute atomic E-state index is 0.0973. The van der Waals surface area contributed by atoms with Gasteiger partial charge in [-0.3, -0.25) is 4.79 Å². The van der Waals surface area contributed by atoms with Crippen LogP contribution in [0.4, 0.5) is 8.78 Å². The smallest absolute Gasteiger partial charge is 0.266 e. The van der Waals surface area contributed by atoms with Crippen LogP contribution in [0.1, 0.15) is 15.2 Å². The first-order valence-corrected chi connectivity index (χ1v) is 8.84. The van der Waals surface area contributed by atoms with Crippen LogP contribution in [-0.2, 0) is 11.2 Å². The topological polar surface area (TPSA) is 51.7 Å². The fourth-order valence-corrected chi connectivity index (χ4v) is 3.87. The number of hydrogen-bond acceptors (Lipinski definition) is 5. The summed E-state index contributed by atoms with van der Waals surface area (Å²) in [5, 5.41) is 0.733. The Balaban J connectivity index is 1.52. The van der Waals surface area contributed by atoms with Crippen LogP contribution in [0.25, 0.3) is 10.6 Å². The molecule has 2 aromatic rings. The zero-order valence-corrected chi connectivity index (χ0v) is 14.1. The first-order valence-electron chi connectivity index (χ1n) is 8.03. The van der Waals surface area contributed by atoms with Crippen molar-refractivity contribution < 1.29 is 23.0 Å². The van der Waals surface area contributed by atoms with E-state index in [1.54, 1.807) is 0 Å². The summed E-state index contributed by atoms with van der Waals surface area (Å²) < 4.78 is 36.1. The second kappa shape index (κ2) is 6.68. The van der Waals surface area contributed by atoms with Crippen molar-refractivity contribution in [2.75, 3.05) is 26.3 Å². The Kier molecular flexibility index (Phi) is 4.39. The molecular formula is C17H16F2N2O3S. The van der Waals surface area contributed by atoms with Crippen LogP contribution in [0.5, 0.6) is 5.75 Å². The molecule has 5 nitrogen and oxygen atoms in total. The van der Waals surface area contributed by atoms with Gasteiger partial charge in [-0.05, 0) is 23.8 Å². The minimum atomic E-state index is -2.60. The van der Waals surface area contributed by atoms with Crippen molar-refractivity contribution in [1.29, 1.82) is 0 Å². The first-order chi connectivity index (χ1) is 12.1. The average molecular weight is 366 g/mol. The van der Waals surface area contributed by atoms with Gasteiger partial charge in [0, 0.05) is 18.5 Å². The van der Waals surface area contributed by atoms with E-state index < -0.39 is 12.5 Å². The molecule has 0 N–H and O–H groups in total. The summed E-state index contributed by atoms with van der Waals surface area (Å²) in [4.78, 5) is 18.8. The summed E-state index contributed by atoms with van der Waals surface area (Å²) >= 11 is 1.27. The van der Waals surface area contributed by atoms with Gasteiger partial charge < -0.3 is 14.4 Å². The zero-order valence-electron chi connectivity index (χ0n) is 13.3. The molecular weight excluding hydrogens is 350 g/mol. The second-order valence-corrected chi connectivity index (χ2v) is 6.98. The number of halogens is 2. The van der Waals surface area contributed by atoms with E-state index in [0.29, 0.717) is 18.0 Å². The summed E-state index contributed by atoms with van der Waals surface area (Å²) in [6, 6.07) is 5.85. The van der Waals surface area contributed by atoms with E-state index in [1.807, 2.05) is 18.2 Å². The number of amides is 1. The molecule has 0 aliphatic carbocycles. The fourth-order valence-electron chi connectivity index (χ4n) is 2.99. The Labute approximate surface area is 147 Å². The van der Waals surface area contributed by atoms with Gasteiger partial charge in [-0.15, -0.1) is 11.3 Å². The number of nitrogens with zero attached hydrogens (tertiary/aromatic N) is 2. The molecule has 0 saturated carbocycles. The monoisotopic (exact) mass is 366 g/mol. The molecule has 3 heterocycles. The third kappa shape index (κ3) is 3.23. The maximum atomic E-state index is 12.8. The number of carbonyl (C=O) groups excluding carboxylic acids is 1. The van der Waals surface area contributed by atoms with Gasteiger partial charge in [-0.25, -0.2) is 13.8 Å². The van der Waals surface area contributed by atoms with Crippen LogP contribution in [-0.4, -0.2) is 54.6 Å². The molecule has 0 bridgehead atoms. The predicted octanol–water partition coefficient (Wildman–Crippen LogP) is 2.85. The molecule has 1 aromatic heterocycles. The van der Waals surface area contributed by atoms with E-state index in [4.69, 9.17) is 9.47 Å². The van der Waals surface area contributed by atoms with E-state index >= 15 is 0 Å². The Bertz CT molecular complexity index is 796. The third-order valence-corrected chi connectivity index (χ3v) is 5.35. The van der Waals surface area contributed by atoms with E-state index in [9.17, 15) is 13.6 Å². The number of rotatable bonds is 3. The number of aromatic nitrogens is 1. The Morgan fingerprint density at radius 3 is 3.08 bits per heavy atom. The van der Waals surface area contributed by atoms with Gasteiger partial charge in [0.15, 0.2) is 0 Å². The molecule has 4 rings (SSSR count). The molecule has 8 heteroatoms. The van der Waals surface area contributed by atoms with Gasteiger partial charge in [-0.2, -0.15) is 0 Å². The number of fused-ring (bicyclic) bond motifs is 1. The van der Waals surface area contributed by atoms with E-state index in [-0.39, 0.29) is 19.1 Å². The van der Waals surface area contributed by atoms with Crippen molar-refractivity contribution in [3.8, 4) is 16.3 Å². The van der Waals surface area contributed by atoms with Crippen LogP contribution in [0, 0.1) is 0 Å². The standard InChI is InChI=1S/C17H16F2N2O3S/c18-15(19)13-9-21(4-6-24-13)17(22)14-8-20-16(25-14)11-1-2-12-10(7-11)3-5-23-12/h1-2,7-8,13,15H,3-6,9H2. The summed E-state index contributed by atoms with van der Waals surface area (Å²) in [6.07, 6.45) is -1.44. The lowest BCUT2D eigenvalue weighted by Gasteiger charge is -2.32. The molecule has 0 spiro atoms. The molecule has 1 unspecified atom stereocenters. The molecule has 132 valence electrons. The van der Waals surface area contributed by atoms with E-state index in [1.165, 1.54) is 22.4 Å². The molecule has 25 heavy (non-hydrogen) atoms. The van der Waals surface area contributed by atoms with Gasteiger partial charge >= 0.3 is 0 Å². The molecule has 2 aliphatic rings. The SMILES string of the molecule is O=C(c1cnc(-c2ccc3c(c2)CCO3)s1)N1CCOC(C(F)F)C1. The van der Waals surface area contributed by atoms with Crippen molar-refractivity contribution in [2.24, 2.45) is 0 Å². The molecule has 1 fully saturated rings. The maximum Gasteiger partial charge on any atom is 0.266 e. The minimum Gasteiger partial charge on any atom is -0.493 e. The molecule has 1 saturated heterocycles. The van der Waals surface area contributed by atoms with Crippen LogP contribution in [0.2, 0.25) is 0 Å². The lowest BCUT2D eigenvalue weighted by Crippen LogP contribution is -2.48. The summed E-state index contributed by atoms with van der Waals surface area (Å²) in [5.74, 6) is 0.616. The van der Waals surface area contributed by atoms with E-state index in [2.05, 4.69) is 4.98 Å². The average Bonchev–Trinajstić information content (AvgIpc) is 3.29. The highest BCUT2D eigenvalue weighted by Crippen LogP contribution is 2.32. The molecule has 0 radical (unpaired) electrons. The van der Waals surface area contributed by atoms with Crippen molar-refractivity contribution in [3.63, 3.8) is 0 Å². The lowest BCUT2D eigenvalue weighted by atomic mass is 10.1. The maximum absolute atomic E-state index is 12.8. The number of hydrogen-bond donors (Lipinski definition) is 0. The van der Waals surface area contributed by atoms with Crippen molar-refractivity contribution in [1.82, 2.24) is 9.88 Å². The van der Waals surface area contributed by atoms with Gasteiger partial charge in [0.25, 0.3) is 12.3 Å². The Morgan fingerprint density at radius 2 is 2.24 bits per heavy atom. The van der Waals surface area contributed by atoms with Gasteiger partial charge in [0.1, 0.15) is 21.7 Å².